The minimum Gasteiger partial charge on any atom is -0.382 e. The van der Waals surface area contributed by atoms with Crippen molar-refractivity contribution in [2.24, 2.45) is 0 Å². The van der Waals surface area contributed by atoms with Gasteiger partial charge in [-0.2, -0.15) is 0 Å². The molecule has 3 rings (SSSR count). The maximum absolute atomic E-state index is 12.4. The Kier molecular flexibility index (Phi) is 5.18. The molecule has 1 unspecified atom stereocenters. The second kappa shape index (κ2) is 7.53. The van der Waals surface area contributed by atoms with Gasteiger partial charge in [0.05, 0.1) is 12.3 Å². The monoisotopic (exact) mass is 353 g/mol. The molecule has 0 radical (unpaired) electrons. The van der Waals surface area contributed by atoms with Crippen molar-refractivity contribution < 1.29 is 4.74 Å². The largest absolute Gasteiger partial charge is 0.382 e. The Morgan fingerprint density at radius 1 is 1.38 bits per heavy atom. The SMILES string of the molecule is CNc1c(C(=N)C2C=CCO2)nc(NCc2ccc(C)c(C)c2)[nH]c1=O. The highest BCUT2D eigenvalue weighted by Crippen LogP contribution is 2.17. The van der Waals surface area contributed by atoms with E-state index in [2.05, 4.69) is 46.6 Å². The molecule has 1 aliphatic rings. The standard InChI is InChI=1S/C19H23N5O2/c1-11-6-7-13(9-12(11)2)10-22-19-23-16(17(21-3)18(25)24-19)15(20)14-5-4-8-26-14/h4-7,9,14,20-21H,8,10H2,1-3H3,(H2,22,23,24,25). The summed E-state index contributed by atoms with van der Waals surface area (Å²) in [5.41, 5.74) is 3.91. The Bertz CT molecular complexity index is 917. The first-order valence-corrected chi connectivity index (χ1v) is 8.48. The lowest BCUT2D eigenvalue weighted by molar-refractivity contribution is 0.174. The molecule has 0 fully saturated rings. The van der Waals surface area contributed by atoms with Crippen LogP contribution in [-0.2, 0) is 11.3 Å². The van der Waals surface area contributed by atoms with E-state index in [1.165, 1.54) is 11.1 Å². The molecule has 7 heteroatoms. The Morgan fingerprint density at radius 3 is 2.85 bits per heavy atom. The van der Waals surface area contributed by atoms with Gasteiger partial charge in [-0.05, 0) is 30.5 Å². The molecule has 0 spiro atoms. The summed E-state index contributed by atoms with van der Waals surface area (Å²) in [7, 11) is 1.64. The molecule has 2 heterocycles. The van der Waals surface area contributed by atoms with Gasteiger partial charge in [-0.1, -0.05) is 30.4 Å². The molecular formula is C19H23N5O2. The van der Waals surface area contributed by atoms with E-state index >= 15 is 0 Å². The predicted molar refractivity (Wildman–Crippen MR) is 103 cm³/mol. The van der Waals surface area contributed by atoms with E-state index in [1.807, 2.05) is 12.1 Å². The van der Waals surface area contributed by atoms with Gasteiger partial charge in [0, 0.05) is 13.6 Å². The molecule has 1 aromatic carbocycles. The lowest BCUT2D eigenvalue weighted by Crippen LogP contribution is -2.27. The van der Waals surface area contributed by atoms with E-state index in [1.54, 1.807) is 13.1 Å². The molecule has 26 heavy (non-hydrogen) atoms. The van der Waals surface area contributed by atoms with Crippen LogP contribution in [0.25, 0.3) is 0 Å². The molecule has 0 bridgehead atoms. The highest BCUT2D eigenvalue weighted by atomic mass is 16.5. The highest BCUT2D eigenvalue weighted by Gasteiger charge is 2.23. The average molecular weight is 353 g/mol. The van der Waals surface area contributed by atoms with Crippen molar-refractivity contribution in [2.75, 3.05) is 24.3 Å². The third kappa shape index (κ3) is 3.67. The molecule has 0 amide bonds. The van der Waals surface area contributed by atoms with E-state index in [4.69, 9.17) is 10.1 Å². The fourth-order valence-corrected chi connectivity index (χ4v) is 2.79. The first-order valence-electron chi connectivity index (χ1n) is 8.48. The molecule has 7 nitrogen and oxygen atoms in total. The molecular weight excluding hydrogens is 330 g/mol. The number of aromatic amines is 1. The van der Waals surface area contributed by atoms with Gasteiger partial charge in [0.1, 0.15) is 17.5 Å². The molecule has 0 aliphatic carbocycles. The molecule has 0 saturated carbocycles. The lowest BCUT2D eigenvalue weighted by atomic mass is 10.1. The third-order valence-corrected chi connectivity index (χ3v) is 4.42. The molecule has 136 valence electrons. The first kappa shape index (κ1) is 17.9. The molecule has 0 saturated heterocycles. The van der Waals surface area contributed by atoms with Gasteiger partial charge in [0.2, 0.25) is 5.95 Å². The van der Waals surface area contributed by atoms with E-state index in [0.29, 0.717) is 19.1 Å². The quantitative estimate of drug-likeness (QED) is 0.472. The fourth-order valence-electron chi connectivity index (χ4n) is 2.79. The van der Waals surface area contributed by atoms with E-state index in [9.17, 15) is 4.79 Å². The molecule has 1 aliphatic heterocycles. The number of aromatic nitrogens is 2. The summed E-state index contributed by atoms with van der Waals surface area (Å²) in [5.74, 6) is 0.328. The van der Waals surface area contributed by atoms with Crippen LogP contribution < -0.4 is 16.2 Å². The normalized spacial score (nSPS) is 15.9. The Labute approximate surface area is 152 Å². The number of hydrogen-bond donors (Lipinski definition) is 4. The Hall–Kier alpha value is -2.93. The minimum absolute atomic E-state index is 0.156. The summed E-state index contributed by atoms with van der Waals surface area (Å²) in [4.78, 5) is 19.5. The van der Waals surface area contributed by atoms with Crippen molar-refractivity contribution >= 4 is 17.3 Å². The second-order valence-electron chi connectivity index (χ2n) is 6.26. The first-order chi connectivity index (χ1) is 12.5. The number of ether oxygens (including phenoxy) is 1. The van der Waals surface area contributed by atoms with Crippen LogP contribution in [-0.4, -0.2) is 35.4 Å². The number of rotatable bonds is 6. The lowest BCUT2D eigenvalue weighted by Gasteiger charge is -2.15. The fraction of sp³-hybridized carbons (Fsp3) is 0.316. The second-order valence-corrected chi connectivity index (χ2v) is 6.26. The number of nitrogens with zero attached hydrogens (tertiary/aromatic N) is 1. The van der Waals surface area contributed by atoms with Crippen LogP contribution in [0.4, 0.5) is 11.6 Å². The Balaban J connectivity index is 1.85. The smallest absolute Gasteiger partial charge is 0.276 e. The zero-order chi connectivity index (χ0) is 18.7. The van der Waals surface area contributed by atoms with E-state index < -0.39 is 6.10 Å². The van der Waals surface area contributed by atoms with Crippen LogP contribution in [0, 0.1) is 19.3 Å². The van der Waals surface area contributed by atoms with Gasteiger partial charge in [-0.25, -0.2) is 4.98 Å². The van der Waals surface area contributed by atoms with Crippen LogP contribution in [0.5, 0.6) is 0 Å². The van der Waals surface area contributed by atoms with E-state index in [0.717, 1.165) is 5.56 Å². The van der Waals surface area contributed by atoms with Crippen LogP contribution in [0.1, 0.15) is 22.4 Å². The van der Waals surface area contributed by atoms with Crippen LogP contribution in [0.3, 0.4) is 0 Å². The number of hydrogen-bond acceptors (Lipinski definition) is 6. The highest BCUT2D eigenvalue weighted by molar-refractivity contribution is 6.05. The van der Waals surface area contributed by atoms with Crippen LogP contribution >= 0.6 is 0 Å². The number of anilines is 2. The molecule has 4 N–H and O–H groups in total. The van der Waals surface area contributed by atoms with Crippen LogP contribution in [0.2, 0.25) is 0 Å². The zero-order valence-electron chi connectivity index (χ0n) is 15.1. The maximum atomic E-state index is 12.4. The van der Waals surface area contributed by atoms with Crippen molar-refractivity contribution in [3.8, 4) is 0 Å². The van der Waals surface area contributed by atoms with Crippen molar-refractivity contribution in [2.45, 2.75) is 26.5 Å². The minimum atomic E-state index is -0.482. The van der Waals surface area contributed by atoms with Crippen molar-refractivity contribution in [1.29, 1.82) is 5.41 Å². The number of aryl methyl sites for hydroxylation is 2. The molecule has 1 aromatic heterocycles. The van der Waals surface area contributed by atoms with E-state index in [-0.39, 0.29) is 22.7 Å². The Morgan fingerprint density at radius 2 is 2.19 bits per heavy atom. The topological polar surface area (TPSA) is 103 Å². The summed E-state index contributed by atoms with van der Waals surface area (Å²) in [6.07, 6.45) is 3.17. The van der Waals surface area contributed by atoms with Crippen LogP contribution in [0.15, 0.2) is 35.1 Å². The number of H-pyrrole nitrogens is 1. The third-order valence-electron chi connectivity index (χ3n) is 4.42. The summed E-state index contributed by atoms with van der Waals surface area (Å²) in [5, 5.41) is 14.3. The summed E-state index contributed by atoms with van der Waals surface area (Å²) in [6, 6.07) is 6.20. The molecule has 2 aromatic rings. The van der Waals surface area contributed by atoms with Gasteiger partial charge in [-0.3, -0.25) is 15.2 Å². The number of nitrogens with one attached hydrogen (secondary N) is 4. The average Bonchev–Trinajstić information content (AvgIpc) is 3.16. The van der Waals surface area contributed by atoms with Crippen molar-refractivity contribution in [1.82, 2.24) is 9.97 Å². The summed E-state index contributed by atoms with van der Waals surface area (Å²) in [6.45, 7) is 5.12. The number of benzene rings is 1. The van der Waals surface area contributed by atoms with Gasteiger partial charge in [0.25, 0.3) is 5.56 Å². The summed E-state index contributed by atoms with van der Waals surface area (Å²) >= 11 is 0. The predicted octanol–water partition coefficient (Wildman–Crippen LogP) is 2.36. The summed E-state index contributed by atoms with van der Waals surface area (Å²) < 4.78 is 5.47. The van der Waals surface area contributed by atoms with Crippen molar-refractivity contribution in [3.63, 3.8) is 0 Å². The maximum Gasteiger partial charge on any atom is 0.276 e. The zero-order valence-corrected chi connectivity index (χ0v) is 15.1. The van der Waals surface area contributed by atoms with Gasteiger partial charge < -0.3 is 15.4 Å². The van der Waals surface area contributed by atoms with Crippen molar-refractivity contribution in [3.05, 3.63) is 63.1 Å². The van der Waals surface area contributed by atoms with Gasteiger partial charge in [0.15, 0.2) is 0 Å². The van der Waals surface area contributed by atoms with Gasteiger partial charge >= 0.3 is 0 Å². The molecule has 1 atom stereocenters. The van der Waals surface area contributed by atoms with Gasteiger partial charge in [-0.15, -0.1) is 0 Å².